The first-order valence-corrected chi connectivity index (χ1v) is 5.55. The second-order valence-electron chi connectivity index (χ2n) is 4.50. The van der Waals surface area contributed by atoms with Crippen molar-refractivity contribution in [3.63, 3.8) is 0 Å². The Bertz CT molecular complexity index is 381. The van der Waals surface area contributed by atoms with Crippen LogP contribution >= 0.6 is 0 Å². The molecule has 15 heavy (non-hydrogen) atoms. The van der Waals surface area contributed by atoms with Gasteiger partial charge >= 0.3 is 0 Å². The van der Waals surface area contributed by atoms with Crippen LogP contribution in [0.2, 0.25) is 0 Å². The SMILES string of the molecule is CC(=O)C1CCCc2nc(C(C)C)nn21. The van der Waals surface area contributed by atoms with Crippen molar-refractivity contribution in [1.29, 1.82) is 0 Å². The molecule has 0 amide bonds. The summed E-state index contributed by atoms with van der Waals surface area (Å²) in [5, 5.41) is 4.44. The summed E-state index contributed by atoms with van der Waals surface area (Å²) in [6.07, 6.45) is 2.90. The highest BCUT2D eigenvalue weighted by Gasteiger charge is 2.26. The van der Waals surface area contributed by atoms with Crippen LogP contribution in [0.15, 0.2) is 0 Å². The Labute approximate surface area is 89.7 Å². The number of ketones is 1. The minimum absolute atomic E-state index is 0.0752. The molecule has 0 saturated carbocycles. The molecule has 0 spiro atoms. The number of aryl methyl sites for hydroxylation is 1. The van der Waals surface area contributed by atoms with Crippen molar-refractivity contribution in [2.45, 2.75) is 52.0 Å². The summed E-state index contributed by atoms with van der Waals surface area (Å²) in [6.45, 7) is 5.78. The molecule has 1 aliphatic rings. The van der Waals surface area contributed by atoms with Gasteiger partial charge in [0, 0.05) is 12.3 Å². The summed E-state index contributed by atoms with van der Waals surface area (Å²) >= 11 is 0. The molecular weight excluding hydrogens is 190 g/mol. The van der Waals surface area contributed by atoms with Crippen LogP contribution in [0.3, 0.4) is 0 Å². The molecule has 0 aliphatic carbocycles. The zero-order valence-corrected chi connectivity index (χ0v) is 9.53. The van der Waals surface area contributed by atoms with E-state index in [9.17, 15) is 4.79 Å². The van der Waals surface area contributed by atoms with E-state index in [1.165, 1.54) is 0 Å². The third kappa shape index (κ3) is 1.80. The van der Waals surface area contributed by atoms with Crippen LogP contribution in [0, 0.1) is 0 Å². The fourth-order valence-corrected chi connectivity index (χ4v) is 1.99. The molecule has 0 bridgehead atoms. The quantitative estimate of drug-likeness (QED) is 0.743. The topological polar surface area (TPSA) is 47.8 Å². The van der Waals surface area contributed by atoms with Gasteiger partial charge in [0.25, 0.3) is 0 Å². The molecule has 0 fully saturated rings. The summed E-state index contributed by atoms with van der Waals surface area (Å²) in [6, 6.07) is -0.0752. The molecule has 1 aliphatic heterocycles. The van der Waals surface area contributed by atoms with E-state index in [1.807, 2.05) is 4.68 Å². The van der Waals surface area contributed by atoms with Gasteiger partial charge in [-0.3, -0.25) is 4.79 Å². The highest BCUT2D eigenvalue weighted by atomic mass is 16.1. The third-order valence-electron chi connectivity index (χ3n) is 2.88. The number of aromatic nitrogens is 3. The van der Waals surface area contributed by atoms with Gasteiger partial charge in [0.2, 0.25) is 0 Å². The number of Topliss-reactive ketones (excluding diaryl/α,β-unsaturated/α-hetero) is 1. The molecule has 1 atom stereocenters. The number of hydrogen-bond acceptors (Lipinski definition) is 3. The first kappa shape index (κ1) is 10.3. The largest absolute Gasteiger partial charge is 0.298 e. The van der Waals surface area contributed by atoms with E-state index in [-0.39, 0.29) is 11.8 Å². The highest BCUT2D eigenvalue weighted by molar-refractivity contribution is 5.80. The summed E-state index contributed by atoms with van der Waals surface area (Å²) in [7, 11) is 0. The molecule has 2 rings (SSSR count). The average molecular weight is 207 g/mol. The first-order valence-electron chi connectivity index (χ1n) is 5.55. The van der Waals surface area contributed by atoms with Gasteiger partial charge in [-0.25, -0.2) is 9.67 Å². The van der Waals surface area contributed by atoms with Crippen molar-refractivity contribution in [3.8, 4) is 0 Å². The zero-order chi connectivity index (χ0) is 11.0. The van der Waals surface area contributed by atoms with Crippen LogP contribution in [0.5, 0.6) is 0 Å². The lowest BCUT2D eigenvalue weighted by atomic mass is 10.0. The fraction of sp³-hybridized carbons (Fsp3) is 0.727. The number of carbonyl (C=O) groups is 1. The maximum absolute atomic E-state index is 11.5. The predicted octanol–water partition coefficient (Wildman–Crippen LogP) is 1.87. The molecule has 2 heterocycles. The summed E-state index contributed by atoms with van der Waals surface area (Å²) < 4.78 is 1.83. The minimum atomic E-state index is -0.0752. The molecule has 4 nitrogen and oxygen atoms in total. The lowest BCUT2D eigenvalue weighted by Crippen LogP contribution is -2.24. The minimum Gasteiger partial charge on any atom is -0.298 e. The fourth-order valence-electron chi connectivity index (χ4n) is 1.99. The van der Waals surface area contributed by atoms with E-state index in [1.54, 1.807) is 6.92 Å². The van der Waals surface area contributed by atoms with Crippen molar-refractivity contribution in [3.05, 3.63) is 11.6 Å². The maximum Gasteiger partial charge on any atom is 0.154 e. The van der Waals surface area contributed by atoms with E-state index < -0.39 is 0 Å². The van der Waals surface area contributed by atoms with Crippen LogP contribution in [-0.2, 0) is 11.2 Å². The standard InChI is InChI=1S/C11H17N3O/c1-7(2)11-12-10-6-4-5-9(8(3)15)14(10)13-11/h7,9H,4-6H2,1-3H3. The monoisotopic (exact) mass is 207 g/mol. The van der Waals surface area contributed by atoms with Crippen molar-refractivity contribution in [1.82, 2.24) is 14.8 Å². The van der Waals surface area contributed by atoms with Gasteiger partial charge < -0.3 is 0 Å². The molecule has 1 unspecified atom stereocenters. The van der Waals surface area contributed by atoms with Crippen molar-refractivity contribution >= 4 is 5.78 Å². The lowest BCUT2D eigenvalue weighted by Gasteiger charge is -2.20. The number of fused-ring (bicyclic) bond motifs is 1. The second-order valence-corrected chi connectivity index (χ2v) is 4.50. The summed E-state index contributed by atoms with van der Waals surface area (Å²) in [4.78, 5) is 15.9. The Kier molecular flexibility index (Phi) is 2.59. The average Bonchev–Trinajstić information content (AvgIpc) is 2.60. The molecule has 4 heteroatoms. The van der Waals surface area contributed by atoms with Crippen molar-refractivity contribution in [2.75, 3.05) is 0 Å². The molecular formula is C11H17N3O. The molecule has 0 N–H and O–H groups in total. The number of rotatable bonds is 2. The number of hydrogen-bond donors (Lipinski definition) is 0. The third-order valence-corrected chi connectivity index (χ3v) is 2.88. The Morgan fingerprint density at radius 1 is 1.53 bits per heavy atom. The van der Waals surface area contributed by atoms with E-state index in [4.69, 9.17) is 0 Å². The zero-order valence-electron chi connectivity index (χ0n) is 9.53. The summed E-state index contributed by atoms with van der Waals surface area (Å²) in [5.41, 5.74) is 0. The van der Waals surface area contributed by atoms with E-state index in [0.717, 1.165) is 30.9 Å². The molecule has 1 aromatic heterocycles. The van der Waals surface area contributed by atoms with Gasteiger partial charge in [0.05, 0.1) is 0 Å². The number of carbonyl (C=O) groups excluding carboxylic acids is 1. The van der Waals surface area contributed by atoms with E-state index in [0.29, 0.717) is 5.92 Å². The van der Waals surface area contributed by atoms with Gasteiger partial charge in [0.15, 0.2) is 11.6 Å². The van der Waals surface area contributed by atoms with Gasteiger partial charge in [0.1, 0.15) is 11.9 Å². The van der Waals surface area contributed by atoms with Gasteiger partial charge in [-0.15, -0.1) is 0 Å². The Hall–Kier alpha value is -1.19. The van der Waals surface area contributed by atoms with Crippen LogP contribution in [0.25, 0.3) is 0 Å². The number of nitrogens with zero attached hydrogens (tertiary/aromatic N) is 3. The molecule has 0 radical (unpaired) electrons. The normalized spacial score (nSPS) is 20.4. The smallest absolute Gasteiger partial charge is 0.154 e. The lowest BCUT2D eigenvalue weighted by molar-refractivity contribution is -0.120. The van der Waals surface area contributed by atoms with Crippen LogP contribution in [0.4, 0.5) is 0 Å². The van der Waals surface area contributed by atoms with Gasteiger partial charge in [-0.1, -0.05) is 13.8 Å². The Morgan fingerprint density at radius 2 is 2.27 bits per heavy atom. The van der Waals surface area contributed by atoms with Crippen molar-refractivity contribution in [2.24, 2.45) is 0 Å². The Morgan fingerprint density at radius 3 is 2.87 bits per heavy atom. The van der Waals surface area contributed by atoms with Crippen molar-refractivity contribution < 1.29 is 4.79 Å². The van der Waals surface area contributed by atoms with Crippen LogP contribution in [0.1, 0.15) is 57.2 Å². The second kappa shape index (κ2) is 3.76. The van der Waals surface area contributed by atoms with Crippen LogP contribution < -0.4 is 0 Å². The maximum atomic E-state index is 11.5. The molecule has 0 saturated heterocycles. The van der Waals surface area contributed by atoms with Crippen LogP contribution in [-0.4, -0.2) is 20.5 Å². The predicted molar refractivity (Wildman–Crippen MR) is 56.8 cm³/mol. The highest BCUT2D eigenvalue weighted by Crippen LogP contribution is 2.25. The van der Waals surface area contributed by atoms with Gasteiger partial charge in [-0.2, -0.15) is 5.10 Å². The Balaban J connectivity index is 2.38. The van der Waals surface area contributed by atoms with E-state index >= 15 is 0 Å². The van der Waals surface area contributed by atoms with Gasteiger partial charge in [-0.05, 0) is 19.8 Å². The molecule has 0 aromatic carbocycles. The summed E-state index contributed by atoms with van der Waals surface area (Å²) in [5.74, 6) is 2.36. The first-order chi connectivity index (χ1) is 7.09. The van der Waals surface area contributed by atoms with E-state index in [2.05, 4.69) is 23.9 Å². The molecule has 1 aromatic rings. The molecule has 82 valence electrons.